The largest absolute Gasteiger partial charge is 0.480 e. The number of carbonyl (C=O) groups is 1. The van der Waals surface area contributed by atoms with Crippen molar-refractivity contribution >= 4 is 5.97 Å². The summed E-state index contributed by atoms with van der Waals surface area (Å²) in [7, 11) is 0. The second-order valence-corrected chi connectivity index (χ2v) is 6.46. The summed E-state index contributed by atoms with van der Waals surface area (Å²) in [6.45, 7) is 5.70. The van der Waals surface area contributed by atoms with E-state index in [9.17, 15) is 23.1 Å². The molecular formula is C14H25F3N2O2. The number of rotatable bonds is 8. The van der Waals surface area contributed by atoms with Crippen LogP contribution in [0.5, 0.6) is 0 Å². The molecule has 1 saturated carbocycles. The summed E-state index contributed by atoms with van der Waals surface area (Å²) in [6.07, 6.45) is -2.86. The zero-order valence-corrected chi connectivity index (χ0v) is 13.0. The molecule has 0 amide bonds. The monoisotopic (exact) mass is 310 g/mol. The third kappa shape index (κ3) is 5.14. The first-order valence-electron chi connectivity index (χ1n) is 7.30. The summed E-state index contributed by atoms with van der Waals surface area (Å²) < 4.78 is 38.1. The number of alkyl halides is 3. The Labute approximate surface area is 123 Å². The molecule has 0 bridgehead atoms. The number of aliphatic carboxylic acids is 1. The van der Waals surface area contributed by atoms with Crippen molar-refractivity contribution in [1.29, 1.82) is 0 Å². The minimum atomic E-state index is -4.34. The van der Waals surface area contributed by atoms with Gasteiger partial charge in [-0.2, -0.15) is 13.2 Å². The van der Waals surface area contributed by atoms with Crippen LogP contribution in [0.15, 0.2) is 0 Å². The number of halogens is 3. The number of carboxylic acid groups (broad SMARTS) is 1. The van der Waals surface area contributed by atoms with E-state index in [1.54, 1.807) is 13.8 Å². The van der Waals surface area contributed by atoms with Gasteiger partial charge >= 0.3 is 12.1 Å². The summed E-state index contributed by atoms with van der Waals surface area (Å²) in [5.41, 5.74) is -1.30. The number of hydrogen-bond donors (Lipinski definition) is 2. The maximum atomic E-state index is 12.7. The lowest BCUT2D eigenvalue weighted by Gasteiger charge is -2.39. The molecule has 0 aromatic carbocycles. The van der Waals surface area contributed by atoms with Crippen LogP contribution >= 0.6 is 0 Å². The topological polar surface area (TPSA) is 52.6 Å². The number of nitrogens with one attached hydrogen (secondary N) is 1. The fourth-order valence-corrected chi connectivity index (χ4v) is 2.66. The third-order valence-corrected chi connectivity index (χ3v) is 3.77. The van der Waals surface area contributed by atoms with E-state index in [0.29, 0.717) is 0 Å². The Morgan fingerprint density at radius 1 is 1.24 bits per heavy atom. The molecule has 1 aliphatic rings. The van der Waals surface area contributed by atoms with E-state index in [2.05, 4.69) is 5.32 Å². The predicted molar refractivity (Wildman–Crippen MR) is 74.1 cm³/mol. The standard InChI is InChI=1S/C14H25F3N2O2/c1-9(2)18-13(12(20)21,11-5-6-11)7-19(10(3)4)8-14(15,16)17/h9-11,18H,5-8H2,1-4H3,(H,20,21). The number of hydrogen-bond acceptors (Lipinski definition) is 3. The van der Waals surface area contributed by atoms with E-state index in [1.807, 2.05) is 13.8 Å². The normalized spacial score (nSPS) is 19.3. The summed E-state index contributed by atoms with van der Waals surface area (Å²) in [5, 5.41) is 12.7. The quantitative estimate of drug-likeness (QED) is 0.723. The molecule has 0 spiro atoms. The van der Waals surface area contributed by atoms with Crippen LogP contribution in [0, 0.1) is 5.92 Å². The second-order valence-electron chi connectivity index (χ2n) is 6.46. The maximum absolute atomic E-state index is 12.7. The van der Waals surface area contributed by atoms with Gasteiger partial charge in [0.15, 0.2) is 0 Å². The Hall–Kier alpha value is -0.820. The molecule has 7 heteroatoms. The molecule has 21 heavy (non-hydrogen) atoms. The van der Waals surface area contributed by atoms with Crippen LogP contribution in [0.3, 0.4) is 0 Å². The zero-order valence-electron chi connectivity index (χ0n) is 13.0. The average Bonchev–Trinajstić information content (AvgIpc) is 3.07. The van der Waals surface area contributed by atoms with E-state index >= 15 is 0 Å². The summed E-state index contributed by atoms with van der Waals surface area (Å²) >= 11 is 0. The Bertz CT molecular complexity index is 368. The minimum absolute atomic E-state index is 0.105. The van der Waals surface area contributed by atoms with E-state index < -0.39 is 24.2 Å². The molecule has 1 aliphatic carbocycles. The molecule has 0 heterocycles. The number of nitrogens with zero attached hydrogens (tertiary/aromatic N) is 1. The van der Waals surface area contributed by atoms with Gasteiger partial charge in [0.2, 0.25) is 0 Å². The van der Waals surface area contributed by atoms with E-state index in [1.165, 1.54) is 4.90 Å². The first-order chi connectivity index (χ1) is 9.48. The first kappa shape index (κ1) is 18.2. The van der Waals surface area contributed by atoms with Gasteiger partial charge in [-0.25, -0.2) is 0 Å². The molecule has 0 aromatic heterocycles. The van der Waals surface area contributed by atoms with Gasteiger partial charge in [0.25, 0.3) is 0 Å². The van der Waals surface area contributed by atoms with Crippen molar-refractivity contribution in [2.75, 3.05) is 13.1 Å². The first-order valence-corrected chi connectivity index (χ1v) is 7.30. The molecule has 1 rings (SSSR count). The average molecular weight is 310 g/mol. The molecule has 124 valence electrons. The van der Waals surface area contributed by atoms with E-state index in [0.717, 1.165) is 12.8 Å². The van der Waals surface area contributed by atoms with Crippen LogP contribution in [0.2, 0.25) is 0 Å². The van der Waals surface area contributed by atoms with E-state index in [-0.39, 0.29) is 24.5 Å². The van der Waals surface area contributed by atoms with Gasteiger partial charge in [-0.05, 0) is 46.5 Å². The van der Waals surface area contributed by atoms with Crippen molar-refractivity contribution in [3.05, 3.63) is 0 Å². The number of carboxylic acids is 1. The molecule has 1 unspecified atom stereocenters. The van der Waals surface area contributed by atoms with Gasteiger partial charge < -0.3 is 5.11 Å². The van der Waals surface area contributed by atoms with Gasteiger partial charge in [-0.3, -0.25) is 15.0 Å². The van der Waals surface area contributed by atoms with E-state index in [4.69, 9.17) is 0 Å². The smallest absolute Gasteiger partial charge is 0.401 e. The maximum Gasteiger partial charge on any atom is 0.401 e. The molecule has 1 atom stereocenters. The van der Waals surface area contributed by atoms with Gasteiger partial charge in [0.05, 0.1) is 6.54 Å². The van der Waals surface area contributed by atoms with Gasteiger partial charge in [0.1, 0.15) is 5.54 Å². The third-order valence-electron chi connectivity index (χ3n) is 3.77. The Morgan fingerprint density at radius 3 is 2.05 bits per heavy atom. The highest BCUT2D eigenvalue weighted by Gasteiger charge is 2.53. The van der Waals surface area contributed by atoms with Gasteiger partial charge in [-0.1, -0.05) is 0 Å². The van der Waals surface area contributed by atoms with Crippen molar-refractivity contribution in [3.63, 3.8) is 0 Å². The molecular weight excluding hydrogens is 285 g/mol. The Balaban J connectivity index is 2.99. The van der Waals surface area contributed by atoms with Crippen LogP contribution in [0.4, 0.5) is 13.2 Å². The molecule has 1 fully saturated rings. The lowest BCUT2D eigenvalue weighted by molar-refractivity contribution is -0.160. The van der Waals surface area contributed by atoms with Gasteiger partial charge in [-0.15, -0.1) is 0 Å². The van der Waals surface area contributed by atoms with Gasteiger partial charge in [0, 0.05) is 18.6 Å². The summed E-state index contributed by atoms with van der Waals surface area (Å²) in [4.78, 5) is 13.0. The highest BCUT2D eigenvalue weighted by atomic mass is 19.4. The van der Waals surface area contributed by atoms with Crippen molar-refractivity contribution in [1.82, 2.24) is 10.2 Å². The fourth-order valence-electron chi connectivity index (χ4n) is 2.66. The highest BCUT2D eigenvalue weighted by Crippen LogP contribution is 2.41. The Kier molecular flexibility index (Phi) is 5.66. The SMILES string of the molecule is CC(C)NC(CN(CC(F)(F)F)C(C)C)(C(=O)O)C1CC1. The van der Waals surface area contributed by atoms with Crippen LogP contribution < -0.4 is 5.32 Å². The van der Waals surface area contributed by atoms with Crippen LogP contribution in [-0.2, 0) is 4.79 Å². The zero-order chi connectivity index (χ0) is 16.4. The lowest BCUT2D eigenvalue weighted by atomic mass is 9.90. The molecule has 0 aromatic rings. The van der Waals surface area contributed by atoms with Crippen molar-refractivity contribution in [3.8, 4) is 0 Å². The predicted octanol–water partition coefficient (Wildman–Crippen LogP) is 2.49. The molecule has 0 aliphatic heterocycles. The molecule has 4 nitrogen and oxygen atoms in total. The molecule has 2 N–H and O–H groups in total. The molecule has 0 radical (unpaired) electrons. The van der Waals surface area contributed by atoms with Crippen LogP contribution in [-0.4, -0.2) is 52.9 Å². The Morgan fingerprint density at radius 2 is 1.76 bits per heavy atom. The van der Waals surface area contributed by atoms with Crippen LogP contribution in [0.25, 0.3) is 0 Å². The summed E-state index contributed by atoms with van der Waals surface area (Å²) in [6, 6.07) is -0.486. The summed E-state index contributed by atoms with van der Waals surface area (Å²) in [5.74, 6) is -1.17. The molecule has 0 saturated heterocycles. The lowest BCUT2D eigenvalue weighted by Crippen LogP contribution is -2.64. The second kappa shape index (κ2) is 6.52. The fraction of sp³-hybridized carbons (Fsp3) is 0.929. The van der Waals surface area contributed by atoms with Crippen molar-refractivity contribution in [2.24, 2.45) is 5.92 Å². The van der Waals surface area contributed by atoms with Crippen LogP contribution in [0.1, 0.15) is 40.5 Å². The minimum Gasteiger partial charge on any atom is -0.480 e. The van der Waals surface area contributed by atoms with Crippen molar-refractivity contribution < 1.29 is 23.1 Å². The van der Waals surface area contributed by atoms with Crippen molar-refractivity contribution in [2.45, 2.75) is 64.3 Å². The highest BCUT2D eigenvalue weighted by molar-refractivity contribution is 5.80.